The Morgan fingerprint density at radius 2 is 1.84 bits per heavy atom. The van der Waals surface area contributed by atoms with Crippen LogP contribution in [0.25, 0.3) is 22.2 Å². The lowest BCUT2D eigenvalue weighted by atomic mass is 10.0. The number of phenols is 1. The van der Waals surface area contributed by atoms with Gasteiger partial charge >= 0.3 is 6.18 Å². The Bertz CT molecular complexity index is 1140. The van der Waals surface area contributed by atoms with Crippen LogP contribution in [-0.2, 0) is 13.2 Å². The molecule has 0 amide bonds. The van der Waals surface area contributed by atoms with Crippen LogP contribution < -0.4 is 10.2 Å². The molecule has 0 atom stereocenters. The number of hydrogen-bond acceptors (Lipinski definition) is 5. The van der Waals surface area contributed by atoms with Gasteiger partial charge < -0.3 is 15.3 Å². The summed E-state index contributed by atoms with van der Waals surface area (Å²) in [6.07, 6.45) is -1.84. The van der Waals surface area contributed by atoms with E-state index in [0.29, 0.717) is 17.4 Å². The van der Waals surface area contributed by atoms with E-state index in [2.05, 4.69) is 15.4 Å². The number of halogens is 5. The van der Waals surface area contributed by atoms with Crippen LogP contribution in [-0.4, -0.2) is 46.1 Å². The van der Waals surface area contributed by atoms with Crippen molar-refractivity contribution in [3.63, 3.8) is 0 Å². The summed E-state index contributed by atoms with van der Waals surface area (Å²) in [6, 6.07) is 2.32. The zero-order chi connectivity index (χ0) is 22.5. The van der Waals surface area contributed by atoms with Crippen LogP contribution in [0.5, 0.6) is 5.75 Å². The Labute approximate surface area is 174 Å². The van der Waals surface area contributed by atoms with Gasteiger partial charge in [-0.1, -0.05) is 0 Å². The van der Waals surface area contributed by atoms with Crippen LogP contribution in [0.2, 0.25) is 0 Å². The first-order valence-corrected chi connectivity index (χ1v) is 9.64. The van der Waals surface area contributed by atoms with Crippen molar-refractivity contribution in [3.8, 4) is 17.0 Å². The number of aromatic nitrogens is 3. The molecule has 1 aliphatic heterocycles. The van der Waals surface area contributed by atoms with Crippen molar-refractivity contribution in [1.29, 1.82) is 0 Å². The monoisotopic (exact) mass is 441 g/mol. The number of anilines is 1. The summed E-state index contributed by atoms with van der Waals surface area (Å²) < 4.78 is 69.3. The van der Waals surface area contributed by atoms with E-state index < -0.39 is 34.7 Å². The van der Waals surface area contributed by atoms with Crippen LogP contribution in [0.15, 0.2) is 18.3 Å². The lowest BCUT2D eigenvalue weighted by Gasteiger charge is -2.32. The predicted molar refractivity (Wildman–Crippen MR) is 105 cm³/mol. The molecule has 1 fully saturated rings. The van der Waals surface area contributed by atoms with Gasteiger partial charge in [-0.3, -0.25) is 4.68 Å². The molecule has 3 aromatic rings. The lowest BCUT2D eigenvalue weighted by Crippen LogP contribution is -2.41. The van der Waals surface area contributed by atoms with Crippen molar-refractivity contribution < 1.29 is 27.1 Å². The fourth-order valence-corrected chi connectivity index (χ4v) is 3.92. The number of hydrogen-bond donors (Lipinski definition) is 2. The van der Waals surface area contributed by atoms with Crippen LogP contribution in [0.4, 0.5) is 27.8 Å². The summed E-state index contributed by atoms with van der Waals surface area (Å²) in [5.41, 5.74) is -2.08. The van der Waals surface area contributed by atoms with E-state index in [9.17, 15) is 27.1 Å². The third kappa shape index (κ3) is 3.67. The summed E-state index contributed by atoms with van der Waals surface area (Å²) in [5, 5.41) is 17.3. The Hall–Kier alpha value is -2.95. The number of alkyl halides is 3. The van der Waals surface area contributed by atoms with Crippen LogP contribution in [0, 0.1) is 11.6 Å². The number of nitrogens with zero attached hydrogens (tertiary/aromatic N) is 4. The number of fused-ring (bicyclic) bond motifs is 1. The molecular formula is C20H20F5N5O. The normalized spacial score (nSPS) is 15.6. The van der Waals surface area contributed by atoms with Crippen molar-refractivity contribution in [1.82, 2.24) is 20.1 Å². The topological polar surface area (TPSA) is 66.2 Å². The van der Waals surface area contributed by atoms with E-state index in [-0.39, 0.29) is 17.1 Å². The van der Waals surface area contributed by atoms with E-state index in [0.717, 1.165) is 25.9 Å². The summed E-state index contributed by atoms with van der Waals surface area (Å²) in [5.74, 6) is -4.62. The van der Waals surface area contributed by atoms with Gasteiger partial charge in [-0.25, -0.2) is 13.8 Å². The molecule has 0 aliphatic carbocycles. The molecule has 2 N–H and O–H groups in total. The van der Waals surface area contributed by atoms with E-state index >= 15 is 0 Å². The van der Waals surface area contributed by atoms with Crippen LogP contribution in [0.1, 0.15) is 18.4 Å². The second-order valence-electron chi connectivity index (χ2n) is 7.57. The van der Waals surface area contributed by atoms with Crippen molar-refractivity contribution in [2.75, 3.05) is 25.0 Å². The fraction of sp³-hybridized carbons (Fsp3) is 0.400. The smallest absolute Gasteiger partial charge is 0.419 e. The molecule has 1 aliphatic rings. The SMILES string of the molecule is CN(c1cc2c(cn1)c(-c1cc(C(F)(F)F)c(F)c(O)c1F)nn2C)C1CCNCC1. The third-order valence-electron chi connectivity index (χ3n) is 5.68. The molecule has 1 saturated heterocycles. The number of aryl methyl sites for hydroxylation is 1. The number of pyridine rings is 1. The number of phenolic OH excluding ortho intramolecular Hbond substituents is 1. The van der Waals surface area contributed by atoms with Crippen LogP contribution >= 0.6 is 0 Å². The van der Waals surface area contributed by atoms with E-state index in [1.807, 2.05) is 11.9 Å². The Morgan fingerprint density at radius 3 is 2.48 bits per heavy atom. The molecule has 6 nitrogen and oxygen atoms in total. The molecule has 166 valence electrons. The number of piperidine rings is 1. The molecular weight excluding hydrogens is 421 g/mol. The van der Waals surface area contributed by atoms with E-state index in [4.69, 9.17) is 0 Å². The quantitative estimate of drug-likeness (QED) is 0.605. The molecule has 0 saturated carbocycles. The van der Waals surface area contributed by atoms with Crippen molar-refractivity contribution in [3.05, 3.63) is 35.5 Å². The number of aromatic hydroxyl groups is 1. The minimum atomic E-state index is -5.11. The number of benzene rings is 1. The third-order valence-corrected chi connectivity index (χ3v) is 5.68. The predicted octanol–water partition coefficient (Wildman–Crippen LogP) is 3.83. The fourth-order valence-electron chi connectivity index (χ4n) is 3.92. The maximum absolute atomic E-state index is 14.6. The van der Waals surface area contributed by atoms with Gasteiger partial charge in [0.2, 0.25) is 0 Å². The molecule has 0 spiro atoms. The maximum atomic E-state index is 14.6. The minimum Gasteiger partial charge on any atom is -0.503 e. The second kappa shape index (κ2) is 7.63. The van der Waals surface area contributed by atoms with Crippen molar-refractivity contribution in [2.45, 2.75) is 25.1 Å². The van der Waals surface area contributed by atoms with Gasteiger partial charge in [0.15, 0.2) is 17.4 Å². The van der Waals surface area contributed by atoms with Gasteiger partial charge in [0.05, 0.1) is 11.1 Å². The second-order valence-corrected chi connectivity index (χ2v) is 7.57. The average Bonchev–Trinajstić information content (AvgIpc) is 3.07. The number of nitrogens with one attached hydrogen (secondary N) is 1. The number of rotatable bonds is 3. The lowest BCUT2D eigenvalue weighted by molar-refractivity contribution is -0.140. The zero-order valence-electron chi connectivity index (χ0n) is 16.8. The molecule has 3 heterocycles. The molecule has 2 aromatic heterocycles. The highest BCUT2D eigenvalue weighted by molar-refractivity contribution is 5.94. The standard InChI is InChI=1S/C20H20F5N5O/c1-29(10-3-5-26-6-4-10)15-8-14-12(9-27-15)18(28-30(14)2)11-7-13(20(23,24)25)17(22)19(31)16(11)21/h7-10,26,31H,3-6H2,1-2H3. The van der Waals surface area contributed by atoms with Gasteiger partial charge in [-0.15, -0.1) is 0 Å². The van der Waals surface area contributed by atoms with Gasteiger partial charge in [0.25, 0.3) is 0 Å². The van der Waals surface area contributed by atoms with Crippen molar-refractivity contribution >= 4 is 16.7 Å². The summed E-state index contributed by atoms with van der Waals surface area (Å²) in [6.45, 7) is 1.78. The average molecular weight is 441 g/mol. The highest BCUT2D eigenvalue weighted by Crippen LogP contribution is 2.41. The highest BCUT2D eigenvalue weighted by Gasteiger charge is 2.38. The Balaban J connectivity index is 1.82. The molecule has 4 rings (SSSR count). The van der Waals surface area contributed by atoms with Gasteiger partial charge in [0, 0.05) is 43.4 Å². The molecule has 11 heteroatoms. The Morgan fingerprint density at radius 1 is 1.16 bits per heavy atom. The highest BCUT2D eigenvalue weighted by atomic mass is 19.4. The van der Waals surface area contributed by atoms with Crippen molar-refractivity contribution in [2.24, 2.45) is 7.05 Å². The molecule has 0 bridgehead atoms. The molecule has 0 unspecified atom stereocenters. The minimum absolute atomic E-state index is 0.167. The largest absolute Gasteiger partial charge is 0.503 e. The maximum Gasteiger partial charge on any atom is 0.419 e. The first-order valence-electron chi connectivity index (χ1n) is 9.64. The molecule has 31 heavy (non-hydrogen) atoms. The summed E-state index contributed by atoms with van der Waals surface area (Å²) in [4.78, 5) is 6.42. The summed E-state index contributed by atoms with van der Waals surface area (Å²) in [7, 11) is 3.47. The van der Waals surface area contributed by atoms with E-state index in [1.165, 1.54) is 10.9 Å². The van der Waals surface area contributed by atoms with Gasteiger partial charge in [-0.2, -0.15) is 18.3 Å². The summed E-state index contributed by atoms with van der Waals surface area (Å²) >= 11 is 0. The first-order chi connectivity index (χ1) is 14.6. The Kier molecular flexibility index (Phi) is 5.24. The first kappa shape index (κ1) is 21.3. The van der Waals surface area contributed by atoms with Gasteiger partial charge in [-0.05, 0) is 32.0 Å². The van der Waals surface area contributed by atoms with E-state index in [1.54, 1.807) is 13.1 Å². The molecule has 1 aromatic carbocycles. The molecule has 0 radical (unpaired) electrons. The van der Waals surface area contributed by atoms with Crippen LogP contribution in [0.3, 0.4) is 0 Å². The van der Waals surface area contributed by atoms with Gasteiger partial charge in [0.1, 0.15) is 11.5 Å². The zero-order valence-corrected chi connectivity index (χ0v) is 16.8.